The number of ether oxygens (including phenoxy) is 1. The van der Waals surface area contributed by atoms with Crippen LogP contribution in [0.1, 0.15) is 53.9 Å². The van der Waals surface area contributed by atoms with Crippen LogP contribution in [0.2, 0.25) is 0 Å². The molecular formula is C30H31FN2O4S. The Kier molecular flexibility index (Phi) is 6.88. The second-order valence-corrected chi connectivity index (χ2v) is 11.5. The number of rotatable bonds is 5. The number of halogens is 1. The number of hydrogen-bond donors (Lipinski definition) is 1. The molecule has 1 saturated heterocycles. The zero-order chi connectivity index (χ0) is 27.2. The molecule has 0 radical (unpaired) electrons. The second-order valence-electron chi connectivity index (χ2n) is 10.5. The molecule has 4 aromatic rings. The van der Waals surface area contributed by atoms with E-state index in [-0.39, 0.29) is 17.2 Å². The number of carbonyl (C=O) groups excluding carboxylic acids is 1. The average Bonchev–Trinajstić information content (AvgIpc) is 3.33. The van der Waals surface area contributed by atoms with Gasteiger partial charge < -0.3 is 19.3 Å². The van der Waals surface area contributed by atoms with Crippen LogP contribution >= 0.6 is 11.3 Å². The Bertz CT molecular complexity index is 1590. The lowest BCUT2D eigenvalue weighted by atomic mass is 9.93. The Hall–Kier alpha value is -3.49. The van der Waals surface area contributed by atoms with Crippen molar-refractivity contribution in [3.05, 3.63) is 80.8 Å². The Balaban J connectivity index is 1.70. The van der Waals surface area contributed by atoms with E-state index in [1.165, 1.54) is 22.0 Å². The fourth-order valence-electron chi connectivity index (χ4n) is 4.82. The fraction of sp³-hybridized carbons (Fsp3) is 0.333. The Labute approximate surface area is 224 Å². The molecule has 5 rings (SSSR count). The third-order valence-electron chi connectivity index (χ3n) is 7.00. The molecule has 3 heterocycles. The number of amides is 1. The maximum absolute atomic E-state index is 14.7. The molecule has 8 heteroatoms. The first kappa shape index (κ1) is 26.1. The van der Waals surface area contributed by atoms with Crippen LogP contribution in [-0.2, 0) is 12.6 Å². The molecule has 1 N–H and O–H groups in total. The smallest absolute Gasteiger partial charge is 0.268 e. The van der Waals surface area contributed by atoms with Crippen molar-refractivity contribution in [1.29, 1.82) is 0 Å². The summed E-state index contributed by atoms with van der Waals surface area (Å²) in [4.78, 5) is 28.8. The maximum Gasteiger partial charge on any atom is 0.268 e. The quantitative estimate of drug-likeness (QED) is 0.323. The van der Waals surface area contributed by atoms with Crippen molar-refractivity contribution in [2.75, 3.05) is 13.1 Å². The van der Waals surface area contributed by atoms with Gasteiger partial charge in [0.25, 0.3) is 11.5 Å². The van der Waals surface area contributed by atoms with Crippen LogP contribution in [0.5, 0.6) is 11.5 Å². The highest BCUT2D eigenvalue weighted by Crippen LogP contribution is 2.41. The van der Waals surface area contributed by atoms with Crippen molar-refractivity contribution in [2.24, 2.45) is 7.05 Å². The molecule has 1 aliphatic heterocycles. The normalized spacial score (nSPS) is 14.2. The highest BCUT2D eigenvalue weighted by atomic mass is 32.1. The zero-order valence-electron chi connectivity index (χ0n) is 22.0. The van der Waals surface area contributed by atoms with Gasteiger partial charge in [0.1, 0.15) is 10.4 Å². The van der Waals surface area contributed by atoms with Gasteiger partial charge in [-0.2, -0.15) is 0 Å². The summed E-state index contributed by atoms with van der Waals surface area (Å²) < 4.78 is 22.7. The van der Waals surface area contributed by atoms with Crippen molar-refractivity contribution in [3.8, 4) is 22.6 Å². The number of pyridine rings is 1. The third-order valence-corrected chi connectivity index (χ3v) is 8.11. The minimum absolute atomic E-state index is 0.0673. The van der Waals surface area contributed by atoms with E-state index < -0.39 is 11.4 Å². The number of fused-ring (bicyclic) bond motifs is 1. The van der Waals surface area contributed by atoms with E-state index in [4.69, 9.17) is 4.74 Å². The van der Waals surface area contributed by atoms with E-state index in [1.54, 1.807) is 70.4 Å². The first-order valence-corrected chi connectivity index (χ1v) is 13.6. The number of piperidine rings is 1. The van der Waals surface area contributed by atoms with Gasteiger partial charge in [0, 0.05) is 42.8 Å². The Morgan fingerprint density at radius 3 is 2.42 bits per heavy atom. The number of likely N-dealkylation sites (tertiary alicyclic amines) is 1. The van der Waals surface area contributed by atoms with E-state index in [1.807, 2.05) is 4.90 Å². The third kappa shape index (κ3) is 4.98. The van der Waals surface area contributed by atoms with Gasteiger partial charge in [-0.1, -0.05) is 12.1 Å². The standard InChI is InChI=1S/C30H31FN2O4S/c1-18-8-10-25(23(31)14-18)37-24-11-9-19(30(2,3)36)15-20(24)22-17-32(4)29(35)27-21(22)16-26(38-27)28(34)33-12-6-5-7-13-33/h8-11,14-17,36H,5-7,12-13H2,1-4H3. The fourth-order valence-corrected chi connectivity index (χ4v) is 5.95. The molecule has 2 aromatic carbocycles. The van der Waals surface area contributed by atoms with E-state index in [2.05, 4.69) is 0 Å². The van der Waals surface area contributed by atoms with Crippen LogP contribution in [0.15, 0.2) is 53.5 Å². The zero-order valence-corrected chi connectivity index (χ0v) is 22.8. The predicted molar refractivity (Wildman–Crippen MR) is 149 cm³/mol. The van der Waals surface area contributed by atoms with Crippen LogP contribution in [0.3, 0.4) is 0 Å². The number of carbonyl (C=O) groups is 1. The number of nitrogens with zero attached hydrogens (tertiary/aromatic N) is 2. The molecule has 0 bridgehead atoms. The Morgan fingerprint density at radius 2 is 1.74 bits per heavy atom. The summed E-state index contributed by atoms with van der Waals surface area (Å²) in [5, 5.41) is 11.4. The van der Waals surface area contributed by atoms with Gasteiger partial charge in [-0.05, 0) is 81.5 Å². The first-order valence-electron chi connectivity index (χ1n) is 12.8. The molecule has 0 unspecified atom stereocenters. The number of aromatic nitrogens is 1. The van der Waals surface area contributed by atoms with Crippen molar-refractivity contribution in [3.63, 3.8) is 0 Å². The summed E-state index contributed by atoms with van der Waals surface area (Å²) >= 11 is 1.20. The first-order chi connectivity index (χ1) is 18.0. The molecule has 1 fully saturated rings. The summed E-state index contributed by atoms with van der Waals surface area (Å²) in [5.41, 5.74) is 1.30. The highest BCUT2D eigenvalue weighted by Gasteiger charge is 2.25. The molecule has 2 aromatic heterocycles. The van der Waals surface area contributed by atoms with Gasteiger partial charge in [0.15, 0.2) is 11.6 Å². The molecule has 198 valence electrons. The van der Waals surface area contributed by atoms with E-state index in [9.17, 15) is 19.1 Å². The van der Waals surface area contributed by atoms with Crippen LogP contribution in [-0.4, -0.2) is 33.6 Å². The summed E-state index contributed by atoms with van der Waals surface area (Å²) in [6.07, 6.45) is 4.77. The molecule has 1 amide bonds. The lowest BCUT2D eigenvalue weighted by Gasteiger charge is -2.26. The lowest BCUT2D eigenvalue weighted by molar-refractivity contribution is 0.0728. The monoisotopic (exact) mass is 534 g/mol. The molecule has 6 nitrogen and oxygen atoms in total. The minimum atomic E-state index is -1.15. The largest absolute Gasteiger partial charge is 0.454 e. The summed E-state index contributed by atoms with van der Waals surface area (Å²) in [6, 6.07) is 11.8. The predicted octanol–water partition coefficient (Wildman–Crippen LogP) is 6.36. The van der Waals surface area contributed by atoms with Crippen LogP contribution < -0.4 is 10.3 Å². The molecular weight excluding hydrogens is 503 g/mol. The van der Waals surface area contributed by atoms with Crippen molar-refractivity contribution in [1.82, 2.24) is 9.47 Å². The van der Waals surface area contributed by atoms with Gasteiger partial charge in [-0.3, -0.25) is 9.59 Å². The lowest BCUT2D eigenvalue weighted by Crippen LogP contribution is -2.35. The van der Waals surface area contributed by atoms with Gasteiger partial charge >= 0.3 is 0 Å². The van der Waals surface area contributed by atoms with Crippen LogP contribution in [0.4, 0.5) is 4.39 Å². The number of thiophene rings is 1. The van der Waals surface area contributed by atoms with Crippen molar-refractivity contribution >= 4 is 27.3 Å². The van der Waals surface area contributed by atoms with Gasteiger partial charge in [0.2, 0.25) is 0 Å². The Morgan fingerprint density at radius 1 is 1.03 bits per heavy atom. The summed E-state index contributed by atoms with van der Waals surface area (Å²) in [6.45, 7) is 6.60. The molecule has 0 saturated carbocycles. The second kappa shape index (κ2) is 10.0. The number of aliphatic hydroxyl groups is 1. The maximum atomic E-state index is 14.7. The average molecular weight is 535 g/mol. The van der Waals surface area contributed by atoms with Crippen molar-refractivity contribution < 1.29 is 19.0 Å². The molecule has 0 aliphatic carbocycles. The SMILES string of the molecule is Cc1ccc(Oc2ccc(C(C)(C)O)cc2-c2cn(C)c(=O)c3sc(C(=O)N4CCCCC4)cc23)c(F)c1. The molecule has 0 atom stereocenters. The summed E-state index contributed by atoms with van der Waals surface area (Å²) in [7, 11) is 1.66. The molecule has 0 spiro atoms. The van der Waals surface area contributed by atoms with Gasteiger partial charge in [-0.25, -0.2) is 4.39 Å². The number of hydrogen-bond acceptors (Lipinski definition) is 5. The van der Waals surface area contributed by atoms with Crippen LogP contribution in [0.25, 0.3) is 21.2 Å². The minimum Gasteiger partial charge on any atom is -0.454 e. The number of aryl methyl sites for hydroxylation is 2. The van der Waals surface area contributed by atoms with E-state index in [0.29, 0.717) is 50.5 Å². The van der Waals surface area contributed by atoms with Gasteiger partial charge in [0.05, 0.1) is 10.5 Å². The molecule has 38 heavy (non-hydrogen) atoms. The molecule has 1 aliphatic rings. The highest BCUT2D eigenvalue weighted by molar-refractivity contribution is 7.20. The topological polar surface area (TPSA) is 71.8 Å². The van der Waals surface area contributed by atoms with Crippen molar-refractivity contribution in [2.45, 2.75) is 45.6 Å². The van der Waals surface area contributed by atoms with E-state index >= 15 is 0 Å². The van der Waals surface area contributed by atoms with Crippen LogP contribution in [0, 0.1) is 12.7 Å². The number of benzene rings is 2. The van der Waals surface area contributed by atoms with Gasteiger partial charge in [-0.15, -0.1) is 11.3 Å². The van der Waals surface area contributed by atoms with E-state index in [0.717, 1.165) is 24.8 Å². The summed E-state index contributed by atoms with van der Waals surface area (Å²) in [5.74, 6) is -0.114.